The molecule has 0 saturated heterocycles. The molecule has 6 heteroatoms. The van der Waals surface area contributed by atoms with Crippen LogP contribution in [0, 0.1) is 0 Å². The first-order valence-corrected chi connectivity index (χ1v) is 5.10. The van der Waals surface area contributed by atoms with E-state index in [1.807, 2.05) is 11.6 Å². The molecule has 2 rings (SSSR count). The van der Waals surface area contributed by atoms with Crippen molar-refractivity contribution >= 4 is 5.91 Å². The molecule has 0 bridgehead atoms. The summed E-state index contributed by atoms with van der Waals surface area (Å²) in [4.78, 5) is 29.3. The Kier molecular flexibility index (Phi) is 3.04. The van der Waals surface area contributed by atoms with Gasteiger partial charge in [0.05, 0.1) is 6.54 Å². The maximum absolute atomic E-state index is 11.7. The number of aromatic amines is 1. The molecule has 2 N–H and O–H groups in total. The van der Waals surface area contributed by atoms with Gasteiger partial charge >= 0.3 is 0 Å². The van der Waals surface area contributed by atoms with Gasteiger partial charge in [-0.1, -0.05) is 0 Å². The second-order valence-corrected chi connectivity index (χ2v) is 3.58. The molecule has 0 atom stereocenters. The molecule has 1 amide bonds. The monoisotopic (exact) mass is 232 g/mol. The number of H-pyrrole nitrogens is 1. The van der Waals surface area contributed by atoms with E-state index in [9.17, 15) is 9.59 Å². The van der Waals surface area contributed by atoms with E-state index in [-0.39, 0.29) is 11.5 Å². The molecule has 17 heavy (non-hydrogen) atoms. The van der Waals surface area contributed by atoms with Gasteiger partial charge in [0, 0.05) is 37.3 Å². The zero-order valence-electron chi connectivity index (χ0n) is 9.30. The molecule has 88 valence electrons. The Bertz CT molecular complexity index is 585. The highest BCUT2D eigenvalue weighted by atomic mass is 16.2. The quantitative estimate of drug-likeness (QED) is 0.784. The van der Waals surface area contributed by atoms with Gasteiger partial charge < -0.3 is 14.9 Å². The third-order valence-electron chi connectivity index (χ3n) is 2.37. The lowest BCUT2D eigenvalue weighted by atomic mass is 10.2. The molecule has 2 aromatic rings. The molecular formula is C11H12N4O2. The lowest BCUT2D eigenvalue weighted by Crippen LogP contribution is -2.25. The van der Waals surface area contributed by atoms with Crippen LogP contribution in [0.25, 0.3) is 0 Å². The second kappa shape index (κ2) is 4.65. The minimum Gasteiger partial charge on any atom is -0.345 e. The van der Waals surface area contributed by atoms with Crippen LogP contribution in [0.3, 0.4) is 0 Å². The number of carbonyl (C=O) groups excluding carboxylic acids is 1. The second-order valence-electron chi connectivity index (χ2n) is 3.58. The van der Waals surface area contributed by atoms with E-state index in [1.54, 1.807) is 18.5 Å². The Balaban J connectivity index is 2.03. The maximum atomic E-state index is 11.7. The summed E-state index contributed by atoms with van der Waals surface area (Å²) in [7, 11) is 1.85. The predicted octanol–water partition coefficient (Wildman–Crippen LogP) is 0.0384. The Morgan fingerprint density at radius 3 is 3.06 bits per heavy atom. The third-order valence-corrected chi connectivity index (χ3v) is 2.37. The molecule has 0 aliphatic heterocycles. The van der Waals surface area contributed by atoms with Crippen molar-refractivity contribution in [1.29, 1.82) is 0 Å². The van der Waals surface area contributed by atoms with Crippen molar-refractivity contribution in [2.45, 2.75) is 6.54 Å². The lowest BCUT2D eigenvalue weighted by Gasteiger charge is -2.04. The van der Waals surface area contributed by atoms with E-state index >= 15 is 0 Å². The average molecular weight is 232 g/mol. The van der Waals surface area contributed by atoms with Crippen molar-refractivity contribution in [2.24, 2.45) is 7.05 Å². The van der Waals surface area contributed by atoms with Crippen molar-refractivity contribution in [1.82, 2.24) is 19.9 Å². The number of pyridine rings is 1. The summed E-state index contributed by atoms with van der Waals surface area (Å²) in [6.45, 7) is 0.329. The zero-order chi connectivity index (χ0) is 12.3. The number of aromatic nitrogens is 3. The minimum atomic E-state index is -0.297. The lowest BCUT2D eigenvalue weighted by molar-refractivity contribution is 0.0949. The van der Waals surface area contributed by atoms with E-state index in [4.69, 9.17) is 0 Å². The summed E-state index contributed by atoms with van der Waals surface area (Å²) >= 11 is 0. The van der Waals surface area contributed by atoms with Gasteiger partial charge in [0.1, 0.15) is 5.82 Å². The highest BCUT2D eigenvalue weighted by Gasteiger charge is 2.06. The molecule has 2 aromatic heterocycles. The molecular weight excluding hydrogens is 220 g/mol. The van der Waals surface area contributed by atoms with Gasteiger partial charge in [0.15, 0.2) is 0 Å². The summed E-state index contributed by atoms with van der Waals surface area (Å²) in [5, 5.41) is 2.69. The SMILES string of the molecule is Cn1ccnc1CNC(=O)c1cc[nH]c(=O)c1. The predicted molar refractivity (Wildman–Crippen MR) is 61.4 cm³/mol. The number of carbonyl (C=O) groups is 1. The fourth-order valence-electron chi connectivity index (χ4n) is 1.41. The van der Waals surface area contributed by atoms with E-state index < -0.39 is 0 Å². The van der Waals surface area contributed by atoms with Gasteiger partial charge in [-0.15, -0.1) is 0 Å². The first-order chi connectivity index (χ1) is 8.16. The first kappa shape index (κ1) is 11.1. The van der Waals surface area contributed by atoms with Gasteiger partial charge in [0.2, 0.25) is 5.56 Å². The number of rotatable bonds is 3. The molecule has 0 aliphatic rings. The molecule has 0 spiro atoms. The van der Waals surface area contributed by atoms with E-state index in [0.29, 0.717) is 12.1 Å². The van der Waals surface area contributed by atoms with Gasteiger partial charge in [-0.25, -0.2) is 4.98 Å². The van der Waals surface area contributed by atoms with Crippen molar-refractivity contribution in [3.8, 4) is 0 Å². The van der Waals surface area contributed by atoms with Crippen molar-refractivity contribution in [2.75, 3.05) is 0 Å². The Morgan fingerprint density at radius 2 is 2.41 bits per heavy atom. The summed E-state index contributed by atoms with van der Waals surface area (Å²) in [6, 6.07) is 2.81. The van der Waals surface area contributed by atoms with Crippen LogP contribution in [0.1, 0.15) is 16.2 Å². The van der Waals surface area contributed by atoms with E-state index in [1.165, 1.54) is 12.3 Å². The van der Waals surface area contributed by atoms with Crippen molar-refractivity contribution < 1.29 is 4.79 Å². The summed E-state index contributed by atoms with van der Waals surface area (Å²) in [5.74, 6) is 0.460. The maximum Gasteiger partial charge on any atom is 0.251 e. The average Bonchev–Trinajstić information content (AvgIpc) is 2.72. The normalized spacial score (nSPS) is 10.2. The van der Waals surface area contributed by atoms with Crippen LogP contribution < -0.4 is 10.9 Å². The van der Waals surface area contributed by atoms with Gasteiger partial charge in [-0.05, 0) is 6.07 Å². The number of hydrogen-bond acceptors (Lipinski definition) is 3. The Morgan fingerprint density at radius 1 is 1.59 bits per heavy atom. The summed E-state index contributed by atoms with van der Waals surface area (Å²) in [6.07, 6.45) is 4.90. The smallest absolute Gasteiger partial charge is 0.251 e. The highest BCUT2D eigenvalue weighted by Crippen LogP contribution is 1.96. The summed E-state index contributed by atoms with van der Waals surface area (Å²) in [5.41, 5.74) is 0.0394. The number of amides is 1. The number of hydrogen-bond donors (Lipinski definition) is 2. The molecule has 0 unspecified atom stereocenters. The topological polar surface area (TPSA) is 79.8 Å². The fraction of sp³-hybridized carbons (Fsp3) is 0.182. The van der Waals surface area contributed by atoms with Crippen LogP contribution in [0.2, 0.25) is 0 Å². The van der Waals surface area contributed by atoms with Crippen LogP contribution in [-0.4, -0.2) is 20.4 Å². The van der Waals surface area contributed by atoms with E-state index in [2.05, 4.69) is 15.3 Å². The standard InChI is InChI=1S/C11H12N4O2/c1-15-5-4-12-9(15)7-14-11(17)8-2-3-13-10(16)6-8/h2-6H,7H2,1H3,(H,13,16)(H,14,17). The van der Waals surface area contributed by atoms with Crippen molar-refractivity contribution in [3.05, 3.63) is 52.5 Å². The molecule has 0 saturated carbocycles. The highest BCUT2D eigenvalue weighted by molar-refractivity contribution is 5.93. The molecule has 0 fully saturated rings. The zero-order valence-corrected chi connectivity index (χ0v) is 9.30. The largest absolute Gasteiger partial charge is 0.345 e. The van der Waals surface area contributed by atoms with Crippen LogP contribution in [0.15, 0.2) is 35.5 Å². The first-order valence-electron chi connectivity index (χ1n) is 5.10. The number of imidazole rings is 1. The van der Waals surface area contributed by atoms with Crippen LogP contribution in [0.5, 0.6) is 0 Å². The number of nitrogens with zero attached hydrogens (tertiary/aromatic N) is 2. The van der Waals surface area contributed by atoms with E-state index in [0.717, 1.165) is 5.82 Å². The van der Waals surface area contributed by atoms with Gasteiger partial charge in [-0.2, -0.15) is 0 Å². The number of nitrogens with one attached hydrogen (secondary N) is 2. The molecule has 0 aliphatic carbocycles. The fourth-order valence-corrected chi connectivity index (χ4v) is 1.41. The number of aryl methyl sites for hydroxylation is 1. The third kappa shape index (κ3) is 2.60. The molecule has 2 heterocycles. The Hall–Kier alpha value is -2.37. The molecule has 6 nitrogen and oxygen atoms in total. The molecule has 0 aromatic carbocycles. The van der Waals surface area contributed by atoms with Crippen molar-refractivity contribution in [3.63, 3.8) is 0 Å². The summed E-state index contributed by atoms with van der Waals surface area (Å²) < 4.78 is 1.82. The molecule has 0 radical (unpaired) electrons. The van der Waals surface area contributed by atoms with Crippen LogP contribution in [0.4, 0.5) is 0 Å². The van der Waals surface area contributed by atoms with Gasteiger partial charge in [-0.3, -0.25) is 9.59 Å². The van der Waals surface area contributed by atoms with Gasteiger partial charge in [0.25, 0.3) is 5.91 Å². The van der Waals surface area contributed by atoms with Crippen LogP contribution in [-0.2, 0) is 13.6 Å². The Labute approximate surface area is 97.3 Å². The minimum absolute atomic E-state index is 0.292. The van der Waals surface area contributed by atoms with Crippen LogP contribution >= 0.6 is 0 Å².